The molecular formula is C17H19N5O2. The lowest BCUT2D eigenvalue weighted by Crippen LogP contribution is -2.29. The molecule has 0 aliphatic rings. The van der Waals surface area contributed by atoms with Gasteiger partial charge in [-0.2, -0.15) is 0 Å². The van der Waals surface area contributed by atoms with E-state index in [4.69, 9.17) is 0 Å². The fraction of sp³-hybridized carbons (Fsp3) is 0.294. The quantitative estimate of drug-likeness (QED) is 0.752. The third-order valence-corrected chi connectivity index (χ3v) is 3.91. The summed E-state index contributed by atoms with van der Waals surface area (Å²) >= 11 is 0. The van der Waals surface area contributed by atoms with Crippen LogP contribution in [0, 0.1) is 6.92 Å². The Balaban J connectivity index is 1.60. The van der Waals surface area contributed by atoms with Gasteiger partial charge in [0.25, 0.3) is 5.56 Å². The van der Waals surface area contributed by atoms with Gasteiger partial charge in [0.05, 0.1) is 12.5 Å². The Morgan fingerprint density at radius 1 is 1.17 bits per heavy atom. The maximum Gasteiger partial charge on any atom is 0.270 e. The van der Waals surface area contributed by atoms with Crippen molar-refractivity contribution in [2.75, 3.05) is 6.54 Å². The molecule has 2 heterocycles. The first-order valence-corrected chi connectivity index (χ1v) is 7.74. The van der Waals surface area contributed by atoms with Gasteiger partial charge >= 0.3 is 0 Å². The minimum absolute atomic E-state index is 0.114. The first-order valence-electron chi connectivity index (χ1n) is 7.74. The number of hydrogen-bond donors (Lipinski definition) is 1. The van der Waals surface area contributed by atoms with Gasteiger partial charge < -0.3 is 9.88 Å². The van der Waals surface area contributed by atoms with Crippen molar-refractivity contribution in [1.29, 1.82) is 0 Å². The van der Waals surface area contributed by atoms with Crippen LogP contribution in [-0.2, 0) is 24.8 Å². The minimum Gasteiger partial charge on any atom is -0.354 e. The number of hydrogen-bond acceptors (Lipinski definition) is 4. The smallest absolute Gasteiger partial charge is 0.270 e. The van der Waals surface area contributed by atoms with Crippen molar-refractivity contribution in [2.45, 2.75) is 19.9 Å². The van der Waals surface area contributed by atoms with E-state index < -0.39 is 0 Å². The van der Waals surface area contributed by atoms with Gasteiger partial charge in [-0.1, -0.05) is 29.8 Å². The van der Waals surface area contributed by atoms with Gasteiger partial charge in [-0.25, -0.2) is 9.97 Å². The summed E-state index contributed by atoms with van der Waals surface area (Å²) in [5, 5.41) is 2.89. The first-order chi connectivity index (χ1) is 11.5. The predicted octanol–water partition coefficient (Wildman–Crippen LogP) is 0.797. The Labute approximate surface area is 139 Å². The second-order valence-electron chi connectivity index (χ2n) is 5.76. The highest BCUT2D eigenvalue weighted by Gasteiger charge is 2.10. The maximum atomic E-state index is 12.1. The number of nitrogens with zero attached hydrogens (tertiary/aromatic N) is 4. The number of rotatable bonds is 5. The number of carbonyl (C=O) groups is 1. The second-order valence-corrected chi connectivity index (χ2v) is 5.76. The van der Waals surface area contributed by atoms with Gasteiger partial charge in [0.15, 0.2) is 11.3 Å². The average Bonchev–Trinajstić information content (AvgIpc) is 2.96. The van der Waals surface area contributed by atoms with E-state index in [0.717, 1.165) is 6.42 Å². The van der Waals surface area contributed by atoms with Crippen LogP contribution in [0.4, 0.5) is 0 Å². The summed E-state index contributed by atoms with van der Waals surface area (Å²) in [6, 6.07) is 8.25. The molecule has 3 rings (SSSR count). The standard InChI is InChI=1S/C17H19N5O2/c1-12-3-5-13(6-4-12)7-8-18-14(23)10-22-11-20-16-17(22)19-9-15(24)21(16)2/h3-6,9,11H,7-8,10H2,1-2H3,(H,18,23). The molecule has 124 valence electrons. The summed E-state index contributed by atoms with van der Waals surface area (Å²) in [5.74, 6) is -0.114. The SMILES string of the molecule is Cc1ccc(CCNC(=O)Cn2cnc3c2ncc(=O)n3C)cc1. The summed E-state index contributed by atoms with van der Waals surface area (Å²) in [4.78, 5) is 31.9. The van der Waals surface area contributed by atoms with Crippen LogP contribution in [0.15, 0.2) is 41.6 Å². The number of benzene rings is 1. The number of aryl methyl sites for hydroxylation is 2. The summed E-state index contributed by atoms with van der Waals surface area (Å²) < 4.78 is 3.05. The van der Waals surface area contributed by atoms with Gasteiger partial charge in [-0.05, 0) is 18.9 Å². The Bertz CT molecular complexity index is 924. The Kier molecular flexibility index (Phi) is 4.41. The van der Waals surface area contributed by atoms with Gasteiger partial charge in [0.2, 0.25) is 5.91 Å². The molecule has 0 spiro atoms. The van der Waals surface area contributed by atoms with Crippen LogP contribution in [0.3, 0.4) is 0 Å². The Morgan fingerprint density at radius 3 is 2.67 bits per heavy atom. The minimum atomic E-state index is -0.227. The zero-order valence-corrected chi connectivity index (χ0v) is 13.7. The van der Waals surface area contributed by atoms with Gasteiger partial charge in [0, 0.05) is 13.6 Å². The molecule has 0 saturated heterocycles. The van der Waals surface area contributed by atoms with Gasteiger partial charge in [-0.15, -0.1) is 0 Å². The topological polar surface area (TPSA) is 81.8 Å². The molecule has 1 N–H and O–H groups in total. The molecule has 0 aliphatic heterocycles. The van der Waals surface area contributed by atoms with Crippen LogP contribution in [-0.4, -0.2) is 31.6 Å². The summed E-state index contributed by atoms with van der Waals surface area (Å²) in [6.07, 6.45) is 3.54. The van der Waals surface area contributed by atoms with Crippen LogP contribution >= 0.6 is 0 Å². The molecule has 0 saturated carbocycles. The molecule has 0 unspecified atom stereocenters. The van der Waals surface area contributed by atoms with E-state index in [1.54, 1.807) is 11.6 Å². The van der Waals surface area contributed by atoms with Gasteiger partial charge in [0.1, 0.15) is 6.54 Å². The lowest BCUT2D eigenvalue weighted by atomic mass is 10.1. The van der Waals surface area contributed by atoms with Crippen molar-refractivity contribution in [1.82, 2.24) is 24.4 Å². The van der Waals surface area contributed by atoms with Crippen molar-refractivity contribution in [3.8, 4) is 0 Å². The fourth-order valence-electron chi connectivity index (χ4n) is 2.47. The van der Waals surface area contributed by atoms with Crippen molar-refractivity contribution in [3.05, 3.63) is 58.3 Å². The van der Waals surface area contributed by atoms with Crippen molar-refractivity contribution < 1.29 is 4.79 Å². The lowest BCUT2D eigenvalue weighted by Gasteiger charge is -2.07. The van der Waals surface area contributed by atoms with Gasteiger partial charge in [-0.3, -0.25) is 14.2 Å². The summed E-state index contributed by atoms with van der Waals surface area (Å²) in [6.45, 7) is 2.74. The Morgan fingerprint density at radius 2 is 1.92 bits per heavy atom. The monoisotopic (exact) mass is 325 g/mol. The molecule has 0 fully saturated rings. The highest BCUT2D eigenvalue weighted by molar-refractivity contribution is 5.77. The number of fused-ring (bicyclic) bond motifs is 1. The molecule has 1 amide bonds. The number of imidazole rings is 1. The average molecular weight is 325 g/mol. The largest absolute Gasteiger partial charge is 0.354 e. The van der Waals surface area contributed by atoms with Crippen LogP contribution in [0.2, 0.25) is 0 Å². The number of amides is 1. The zero-order valence-electron chi connectivity index (χ0n) is 13.7. The van der Waals surface area contributed by atoms with E-state index in [0.29, 0.717) is 17.8 Å². The second kappa shape index (κ2) is 6.66. The highest BCUT2D eigenvalue weighted by atomic mass is 16.2. The maximum absolute atomic E-state index is 12.1. The molecular weight excluding hydrogens is 306 g/mol. The van der Waals surface area contributed by atoms with Crippen molar-refractivity contribution in [2.24, 2.45) is 7.05 Å². The highest BCUT2D eigenvalue weighted by Crippen LogP contribution is 2.06. The lowest BCUT2D eigenvalue weighted by molar-refractivity contribution is -0.121. The molecule has 0 atom stereocenters. The summed E-state index contributed by atoms with van der Waals surface area (Å²) in [5.41, 5.74) is 3.17. The normalized spacial score (nSPS) is 10.9. The summed E-state index contributed by atoms with van der Waals surface area (Å²) in [7, 11) is 1.63. The number of carbonyl (C=O) groups excluding carboxylic acids is 1. The molecule has 3 aromatic rings. The third kappa shape index (κ3) is 3.34. The third-order valence-electron chi connectivity index (χ3n) is 3.91. The van der Waals surface area contributed by atoms with Crippen LogP contribution < -0.4 is 10.9 Å². The van der Waals surface area contributed by atoms with Crippen molar-refractivity contribution >= 4 is 17.2 Å². The van der Waals surface area contributed by atoms with E-state index in [1.165, 1.54) is 28.2 Å². The van der Waals surface area contributed by atoms with Crippen molar-refractivity contribution in [3.63, 3.8) is 0 Å². The van der Waals surface area contributed by atoms with Crippen LogP contribution in [0.25, 0.3) is 11.3 Å². The molecule has 2 aromatic heterocycles. The Hall–Kier alpha value is -2.96. The molecule has 0 bridgehead atoms. The zero-order chi connectivity index (χ0) is 17.1. The number of aromatic nitrogens is 4. The van der Waals surface area contributed by atoms with E-state index in [1.807, 2.05) is 6.92 Å². The fourth-order valence-corrected chi connectivity index (χ4v) is 2.47. The van der Waals surface area contributed by atoms with E-state index in [2.05, 4.69) is 39.6 Å². The molecule has 0 aliphatic carbocycles. The van der Waals surface area contributed by atoms with E-state index in [9.17, 15) is 9.59 Å². The molecule has 0 radical (unpaired) electrons. The number of nitrogens with one attached hydrogen (secondary N) is 1. The molecule has 1 aromatic carbocycles. The first kappa shape index (κ1) is 15.9. The molecule has 7 heteroatoms. The van der Waals surface area contributed by atoms with E-state index in [-0.39, 0.29) is 18.0 Å². The van der Waals surface area contributed by atoms with E-state index >= 15 is 0 Å². The van der Waals surface area contributed by atoms with Crippen LogP contribution in [0.1, 0.15) is 11.1 Å². The molecule has 24 heavy (non-hydrogen) atoms. The predicted molar refractivity (Wildman–Crippen MR) is 90.7 cm³/mol. The van der Waals surface area contributed by atoms with Crippen LogP contribution in [0.5, 0.6) is 0 Å². The molecule has 7 nitrogen and oxygen atoms in total.